The van der Waals surface area contributed by atoms with E-state index in [0.717, 1.165) is 6.42 Å². The highest BCUT2D eigenvalue weighted by Gasteiger charge is 2.37. The summed E-state index contributed by atoms with van der Waals surface area (Å²) in [5.74, 6) is 0.499. The molecular weight excluding hydrogens is 483 g/mol. The van der Waals surface area contributed by atoms with Gasteiger partial charge in [-0.3, -0.25) is 5.32 Å². The maximum absolute atomic E-state index is 12.6. The first-order valence-corrected chi connectivity index (χ1v) is 11.6. The quantitative estimate of drug-likeness (QED) is 0.327. The molecule has 148 valence electrons. The first-order valence-electron chi connectivity index (χ1n) is 8.77. The largest absolute Gasteiger partial charge is 0.345 e. The van der Waals surface area contributed by atoms with Gasteiger partial charge in [-0.2, -0.15) is 4.31 Å². The van der Waals surface area contributed by atoms with Crippen LogP contribution in [0.25, 0.3) is 11.2 Å². The van der Waals surface area contributed by atoms with E-state index in [1.54, 1.807) is 12.3 Å². The number of carbonyl (C=O) groups is 1. The lowest BCUT2D eigenvalue weighted by Crippen LogP contribution is -2.55. The van der Waals surface area contributed by atoms with Crippen molar-refractivity contribution in [2.24, 2.45) is 5.92 Å². The van der Waals surface area contributed by atoms with E-state index in [2.05, 4.69) is 48.2 Å². The molecule has 27 heavy (non-hydrogen) atoms. The number of hydrogen-bond donors (Lipinski definition) is 3. The minimum atomic E-state index is -3.35. The topological polar surface area (TPSA) is 120 Å². The molecule has 2 amide bonds. The second-order valence-corrected chi connectivity index (χ2v) is 10.2. The third-order valence-electron chi connectivity index (χ3n) is 4.22. The number of aromatic amines is 1. The lowest BCUT2D eigenvalue weighted by molar-refractivity contribution is 0.233. The van der Waals surface area contributed by atoms with E-state index in [4.69, 9.17) is 0 Å². The summed E-state index contributed by atoms with van der Waals surface area (Å²) in [7, 11) is -3.35. The summed E-state index contributed by atoms with van der Waals surface area (Å²) in [6.45, 7) is 4.25. The number of hydrogen-bond acceptors (Lipinski definition) is 5. The third-order valence-corrected chi connectivity index (χ3v) is 8.35. The standard InChI is InChI=1S/C16H23IN6O3S/c1-10(2)9-27(25,26)23-7-3-4-11(14(23)17)21-16(24)22-13-8-19-15-12(20-13)5-6-18-15/h5-6,8,10-11,14H,3-4,7,9H2,1-2H3,(H,18,19)(H2,20,21,22,24). The summed E-state index contributed by atoms with van der Waals surface area (Å²) in [4.78, 5) is 23.8. The van der Waals surface area contributed by atoms with E-state index in [1.165, 1.54) is 10.5 Å². The van der Waals surface area contributed by atoms with Gasteiger partial charge < -0.3 is 10.3 Å². The monoisotopic (exact) mass is 506 g/mol. The lowest BCUT2D eigenvalue weighted by Gasteiger charge is -2.37. The number of urea groups is 1. The predicted octanol–water partition coefficient (Wildman–Crippen LogP) is 2.29. The zero-order valence-corrected chi connectivity index (χ0v) is 18.1. The number of carbonyl (C=O) groups excluding carboxylic acids is 1. The predicted molar refractivity (Wildman–Crippen MR) is 112 cm³/mol. The molecule has 1 aliphatic heterocycles. The number of piperidine rings is 1. The molecule has 0 spiro atoms. The van der Waals surface area contributed by atoms with Crippen molar-refractivity contribution < 1.29 is 13.2 Å². The van der Waals surface area contributed by atoms with E-state index < -0.39 is 16.1 Å². The molecule has 0 aromatic carbocycles. The zero-order valence-electron chi connectivity index (χ0n) is 15.1. The van der Waals surface area contributed by atoms with E-state index in [0.29, 0.717) is 29.9 Å². The van der Waals surface area contributed by atoms with E-state index in [9.17, 15) is 13.2 Å². The highest BCUT2D eigenvalue weighted by molar-refractivity contribution is 14.1. The van der Waals surface area contributed by atoms with Gasteiger partial charge >= 0.3 is 6.03 Å². The van der Waals surface area contributed by atoms with Crippen molar-refractivity contribution in [3.8, 4) is 0 Å². The van der Waals surface area contributed by atoms with Crippen molar-refractivity contribution in [3.63, 3.8) is 0 Å². The summed E-state index contributed by atoms with van der Waals surface area (Å²) in [6.07, 6.45) is 4.62. The molecule has 3 rings (SSSR count). The molecule has 0 radical (unpaired) electrons. The van der Waals surface area contributed by atoms with E-state index >= 15 is 0 Å². The van der Waals surface area contributed by atoms with Crippen LogP contribution in [0.4, 0.5) is 10.6 Å². The van der Waals surface area contributed by atoms with Gasteiger partial charge in [-0.05, 0) is 24.8 Å². The minimum absolute atomic E-state index is 0.0529. The van der Waals surface area contributed by atoms with Crippen LogP contribution in [0.5, 0.6) is 0 Å². The minimum Gasteiger partial charge on any atom is -0.345 e. The molecule has 11 heteroatoms. The maximum atomic E-state index is 12.6. The van der Waals surface area contributed by atoms with Gasteiger partial charge in [-0.1, -0.05) is 36.4 Å². The van der Waals surface area contributed by atoms with Crippen LogP contribution in [0, 0.1) is 5.92 Å². The molecular formula is C16H23IN6O3S. The van der Waals surface area contributed by atoms with Gasteiger partial charge in [0.25, 0.3) is 0 Å². The molecule has 2 aromatic heterocycles. The number of nitrogens with zero attached hydrogens (tertiary/aromatic N) is 3. The summed E-state index contributed by atoms with van der Waals surface area (Å²) >= 11 is 2.10. The Morgan fingerprint density at radius 3 is 3.00 bits per heavy atom. The van der Waals surface area contributed by atoms with Gasteiger partial charge in [0.1, 0.15) is 5.52 Å². The van der Waals surface area contributed by atoms with Crippen LogP contribution in [0.3, 0.4) is 0 Å². The van der Waals surface area contributed by atoms with Gasteiger partial charge in [0, 0.05) is 12.7 Å². The molecule has 2 unspecified atom stereocenters. The van der Waals surface area contributed by atoms with Crippen LogP contribution in [-0.2, 0) is 10.0 Å². The van der Waals surface area contributed by atoms with Crippen molar-refractivity contribution in [1.29, 1.82) is 0 Å². The van der Waals surface area contributed by atoms with Crippen molar-refractivity contribution in [1.82, 2.24) is 24.6 Å². The number of halogens is 1. The Labute approximate surface area is 171 Å². The molecule has 0 saturated carbocycles. The van der Waals surface area contributed by atoms with Crippen LogP contribution in [0.15, 0.2) is 18.5 Å². The SMILES string of the molecule is CC(C)CS(=O)(=O)N1CCCC(NC(=O)Nc2cnc3[nH]ccc3n2)C1I. The summed E-state index contributed by atoms with van der Waals surface area (Å²) in [6, 6.07) is 1.07. The molecule has 3 heterocycles. The molecule has 0 bridgehead atoms. The number of sulfonamides is 1. The Bertz CT molecular complexity index is 916. The zero-order chi connectivity index (χ0) is 19.6. The van der Waals surface area contributed by atoms with Gasteiger partial charge in [-0.25, -0.2) is 23.2 Å². The Morgan fingerprint density at radius 2 is 2.26 bits per heavy atom. The summed E-state index contributed by atoms with van der Waals surface area (Å²) in [5.41, 5.74) is 1.30. The Hall–Kier alpha value is -1.47. The van der Waals surface area contributed by atoms with Crippen LogP contribution in [-0.4, -0.2) is 56.1 Å². The number of aromatic nitrogens is 3. The average molecular weight is 506 g/mol. The lowest BCUT2D eigenvalue weighted by atomic mass is 10.1. The summed E-state index contributed by atoms with van der Waals surface area (Å²) < 4.78 is 26.4. The second kappa shape index (κ2) is 8.27. The fraction of sp³-hybridized carbons (Fsp3) is 0.562. The smallest absolute Gasteiger partial charge is 0.320 e. The number of fused-ring (bicyclic) bond motifs is 1. The maximum Gasteiger partial charge on any atom is 0.320 e. The number of H-pyrrole nitrogens is 1. The van der Waals surface area contributed by atoms with Gasteiger partial charge in [0.05, 0.1) is 22.0 Å². The molecule has 0 aliphatic carbocycles. The molecule has 1 saturated heterocycles. The van der Waals surface area contributed by atoms with Crippen LogP contribution >= 0.6 is 22.6 Å². The van der Waals surface area contributed by atoms with Crippen molar-refractivity contribution in [2.75, 3.05) is 17.6 Å². The van der Waals surface area contributed by atoms with Crippen LogP contribution in [0.2, 0.25) is 0 Å². The number of nitrogens with one attached hydrogen (secondary N) is 3. The van der Waals surface area contributed by atoms with Crippen molar-refractivity contribution in [3.05, 3.63) is 18.5 Å². The van der Waals surface area contributed by atoms with E-state index in [1.807, 2.05) is 13.8 Å². The van der Waals surface area contributed by atoms with Gasteiger partial charge in [0.2, 0.25) is 10.0 Å². The highest BCUT2D eigenvalue weighted by Crippen LogP contribution is 2.27. The molecule has 2 atom stereocenters. The Morgan fingerprint density at radius 1 is 1.48 bits per heavy atom. The van der Waals surface area contributed by atoms with Crippen LogP contribution in [0.1, 0.15) is 26.7 Å². The average Bonchev–Trinajstić information content (AvgIpc) is 3.03. The molecule has 1 aliphatic rings. The second-order valence-electron chi connectivity index (χ2n) is 6.97. The van der Waals surface area contributed by atoms with Crippen molar-refractivity contribution >= 4 is 55.6 Å². The molecule has 1 fully saturated rings. The molecule has 9 nitrogen and oxygen atoms in total. The third kappa shape index (κ3) is 4.88. The normalized spacial score (nSPS) is 21.5. The fourth-order valence-electron chi connectivity index (χ4n) is 3.09. The molecule has 3 N–H and O–H groups in total. The Kier molecular flexibility index (Phi) is 6.21. The fourth-order valence-corrected chi connectivity index (χ4v) is 6.84. The first kappa shape index (κ1) is 20.3. The van der Waals surface area contributed by atoms with Gasteiger partial charge in [-0.15, -0.1) is 0 Å². The highest BCUT2D eigenvalue weighted by atomic mass is 127. The van der Waals surface area contributed by atoms with Gasteiger partial charge in [0.15, 0.2) is 11.5 Å². The van der Waals surface area contributed by atoms with Crippen molar-refractivity contribution in [2.45, 2.75) is 36.8 Å². The molecule has 2 aromatic rings. The number of alkyl halides is 1. The van der Waals surface area contributed by atoms with E-state index in [-0.39, 0.29) is 21.8 Å². The Balaban J connectivity index is 1.64. The van der Waals surface area contributed by atoms with Crippen LogP contribution < -0.4 is 10.6 Å². The number of amides is 2. The number of anilines is 1. The first-order chi connectivity index (χ1) is 12.8. The summed E-state index contributed by atoms with van der Waals surface area (Å²) in [5, 5.41) is 5.54. The number of rotatable bonds is 5.